The van der Waals surface area contributed by atoms with E-state index >= 15 is 0 Å². The first-order valence-electron chi connectivity index (χ1n) is 5.22. The van der Waals surface area contributed by atoms with Crippen LogP contribution in [0.4, 0.5) is 5.69 Å². The molecule has 16 heavy (non-hydrogen) atoms. The molecule has 0 amide bonds. The van der Waals surface area contributed by atoms with Crippen LogP contribution in [0.1, 0.15) is 1.37 Å². The van der Waals surface area contributed by atoms with Crippen LogP contribution in [0.15, 0.2) is 65.5 Å². The number of nitrogens with one attached hydrogen (secondary N) is 1. The number of benzene rings is 2. The maximum Gasteiger partial charge on any atom is 0.261 e. The fraction of sp³-hybridized carbons (Fsp3) is 0. The van der Waals surface area contributed by atoms with Crippen molar-refractivity contribution in [2.75, 3.05) is 4.72 Å². The molecule has 0 bridgehead atoms. The number of rotatable bonds is 3. The Morgan fingerprint density at radius 1 is 0.938 bits per heavy atom. The lowest BCUT2D eigenvalue weighted by Crippen LogP contribution is -2.12. The van der Waals surface area contributed by atoms with Gasteiger partial charge in [-0.15, -0.1) is 0 Å². The van der Waals surface area contributed by atoms with Crippen LogP contribution in [0.25, 0.3) is 0 Å². The van der Waals surface area contributed by atoms with Gasteiger partial charge in [-0.2, -0.15) is 0 Å². The van der Waals surface area contributed by atoms with Crippen LogP contribution in [0.2, 0.25) is 0 Å². The van der Waals surface area contributed by atoms with Gasteiger partial charge in [0.15, 0.2) is 0 Å². The Morgan fingerprint density at radius 2 is 1.62 bits per heavy atom. The Kier molecular flexibility index (Phi) is 2.57. The van der Waals surface area contributed by atoms with Crippen molar-refractivity contribution in [3.8, 4) is 0 Å². The first kappa shape index (κ1) is 9.42. The van der Waals surface area contributed by atoms with E-state index in [9.17, 15) is 8.42 Å². The largest absolute Gasteiger partial charge is 0.280 e. The molecule has 0 radical (unpaired) electrons. The molecule has 0 aliphatic rings. The fourth-order valence-electron chi connectivity index (χ4n) is 1.27. The van der Waals surface area contributed by atoms with Gasteiger partial charge < -0.3 is 0 Å². The minimum atomic E-state index is -3.56. The minimum Gasteiger partial charge on any atom is -0.280 e. The predicted molar refractivity (Wildman–Crippen MR) is 63.7 cm³/mol. The van der Waals surface area contributed by atoms with E-state index in [4.69, 9.17) is 1.37 Å². The van der Waals surface area contributed by atoms with Crippen LogP contribution in [0, 0.1) is 0 Å². The molecular formula is C12H11NO2S. The van der Waals surface area contributed by atoms with Crippen molar-refractivity contribution in [1.29, 1.82) is 0 Å². The third-order valence-corrected chi connectivity index (χ3v) is 3.41. The van der Waals surface area contributed by atoms with Gasteiger partial charge in [-0.05, 0) is 24.3 Å². The second-order valence-electron chi connectivity index (χ2n) is 3.21. The summed E-state index contributed by atoms with van der Waals surface area (Å²) in [6.07, 6.45) is 0. The number of sulfonamides is 1. The van der Waals surface area contributed by atoms with Gasteiger partial charge in [0, 0.05) is 5.69 Å². The number of anilines is 1. The van der Waals surface area contributed by atoms with Crippen molar-refractivity contribution in [3.05, 3.63) is 60.6 Å². The van der Waals surface area contributed by atoms with Crippen molar-refractivity contribution in [1.82, 2.24) is 0 Å². The molecule has 0 unspecified atom stereocenters. The van der Waals surface area contributed by atoms with Gasteiger partial charge in [-0.3, -0.25) is 4.72 Å². The van der Waals surface area contributed by atoms with Crippen LogP contribution in [0.3, 0.4) is 0 Å². The highest BCUT2D eigenvalue weighted by molar-refractivity contribution is 7.92. The summed E-state index contributed by atoms with van der Waals surface area (Å²) in [6, 6.07) is 14.7. The smallest absolute Gasteiger partial charge is 0.261 e. The second kappa shape index (κ2) is 4.37. The van der Waals surface area contributed by atoms with E-state index in [1.165, 1.54) is 18.2 Å². The summed E-state index contributed by atoms with van der Waals surface area (Å²) in [4.78, 5) is 0.204. The van der Waals surface area contributed by atoms with Crippen LogP contribution >= 0.6 is 0 Å². The lowest BCUT2D eigenvalue weighted by molar-refractivity contribution is 0.601. The second-order valence-corrected chi connectivity index (χ2v) is 4.89. The molecule has 0 saturated heterocycles. The molecule has 0 saturated carbocycles. The van der Waals surface area contributed by atoms with Gasteiger partial charge in [0.1, 0.15) is 0 Å². The average molecular weight is 234 g/mol. The maximum atomic E-state index is 11.9. The molecule has 2 rings (SSSR count). The fourth-order valence-corrected chi connectivity index (χ4v) is 2.34. The quantitative estimate of drug-likeness (QED) is 0.886. The summed E-state index contributed by atoms with van der Waals surface area (Å²) in [5, 5.41) is 0. The molecule has 0 atom stereocenters. The van der Waals surface area contributed by atoms with Crippen LogP contribution in [-0.4, -0.2) is 8.42 Å². The number of para-hydroxylation sites is 1. The monoisotopic (exact) mass is 234 g/mol. The van der Waals surface area contributed by atoms with Gasteiger partial charge in [0.05, 0.1) is 6.27 Å². The Labute approximate surface area is 96.2 Å². The zero-order valence-electron chi connectivity index (χ0n) is 9.42. The standard InChI is InChI=1S/C12H11NO2S/c14-16(15,12-9-5-2-6-10-12)13-11-7-3-1-4-8-11/h1-10,13H/i3D. The third-order valence-electron chi connectivity index (χ3n) is 2.01. The van der Waals surface area contributed by atoms with E-state index in [0.29, 0.717) is 5.69 Å². The third kappa shape index (κ3) is 2.41. The molecule has 0 aliphatic heterocycles. The SMILES string of the molecule is [2H]c1cccc(NS(=O)(=O)c2ccccc2)c1. The average Bonchev–Trinajstić information content (AvgIpc) is 2.29. The minimum absolute atomic E-state index is 0.204. The summed E-state index contributed by atoms with van der Waals surface area (Å²) in [6.45, 7) is 0. The Bertz CT molecular complexity index is 611. The molecule has 0 fully saturated rings. The highest BCUT2D eigenvalue weighted by atomic mass is 32.2. The van der Waals surface area contributed by atoms with Crippen molar-refractivity contribution in [2.24, 2.45) is 0 Å². The Morgan fingerprint density at radius 3 is 2.31 bits per heavy atom. The first-order valence-corrected chi connectivity index (χ1v) is 6.21. The van der Waals surface area contributed by atoms with Crippen molar-refractivity contribution in [2.45, 2.75) is 4.90 Å². The number of hydrogen-bond acceptors (Lipinski definition) is 2. The van der Waals surface area contributed by atoms with Gasteiger partial charge >= 0.3 is 0 Å². The molecule has 2 aromatic rings. The van der Waals surface area contributed by atoms with E-state index < -0.39 is 10.0 Å². The highest BCUT2D eigenvalue weighted by Crippen LogP contribution is 2.14. The summed E-state index contributed by atoms with van der Waals surface area (Å²) < 4.78 is 33.7. The normalized spacial score (nSPS) is 11.9. The molecule has 0 aromatic heterocycles. The summed E-state index contributed by atoms with van der Waals surface area (Å²) >= 11 is 0. The van der Waals surface area contributed by atoms with Gasteiger partial charge in [-0.1, -0.05) is 36.4 Å². The molecule has 1 N–H and O–H groups in total. The molecule has 0 heterocycles. The predicted octanol–water partition coefficient (Wildman–Crippen LogP) is 2.49. The van der Waals surface area contributed by atoms with Gasteiger partial charge in [0.2, 0.25) is 0 Å². The molecule has 3 nitrogen and oxygen atoms in total. The van der Waals surface area contributed by atoms with Crippen LogP contribution < -0.4 is 4.72 Å². The Balaban J connectivity index is 2.30. The van der Waals surface area contributed by atoms with Crippen molar-refractivity contribution in [3.63, 3.8) is 0 Å². The van der Waals surface area contributed by atoms with E-state index in [0.717, 1.165) is 0 Å². The molecule has 4 heteroatoms. The van der Waals surface area contributed by atoms with Crippen LogP contribution in [-0.2, 0) is 10.0 Å². The van der Waals surface area contributed by atoms with Gasteiger partial charge in [0.25, 0.3) is 10.0 Å². The molecular weight excluding hydrogens is 222 g/mol. The summed E-state index contributed by atoms with van der Waals surface area (Å²) in [5.74, 6) is 0. The van der Waals surface area contributed by atoms with E-state index in [-0.39, 0.29) is 10.9 Å². The van der Waals surface area contributed by atoms with E-state index in [1.54, 1.807) is 36.4 Å². The summed E-state index contributed by atoms with van der Waals surface area (Å²) in [7, 11) is -3.56. The first-order chi connectivity index (χ1) is 8.08. The zero-order chi connectivity index (χ0) is 12.3. The van der Waals surface area contributed by atoms with Crippen molar-refractivity contribution >= 4 is 15.7 Å². The van der Waals surface area contributed by atoms with Gasteiger partial charge in [-0.25, -0.2) is 8.42 Å². The lowest BCUT2D eigenvalue weighted by atomic mass is 10.3. The highest BCUT2D eigenvalue weighted by Gasteiger charge is 2.12. The zero-order valence-corrected chi connectivity index (χ0v) is 9.24. The molecule has 2 aromatic carbocycles. The maximum absolute atomic E-state index is 11.9. The molecule has 0 aliphatic carbocycles. The lowest BCUT2D eigenvalue weighted by Gasteiger charge is -2.07. The van der Waals surface area contributed by atoms with Crippen LogP contribution in [0.5, 0.6) is 0 Å². The van der Waals surface area contributed by atoms with E-state index in [1.807, 2.05) is 0 Å². The molecule has 82 valence electrons. The molecule has 0 spiro atoms. The number of hydrogen-bond donors (Lipinski definition) is 1. The van der Waals surface area contributed by atoms with Crippen molar-refractivity contribution < 1.29 is 9.79 Å². The van der Waals surface area contributed by atoms with E-state index in [2.05, 4.69) is 4.72 Å². The summed E-state index contributed by atoms with van der Waals surface area (Å²) in [5.41, 5.74) is 0.390. The Hall–Kier alpha value is -1.81. The topological polar surface area (TPSA) is 46.2 Å².